The number of thiophene rings is 2. The van der Waals surface area contributed by atoms with Crippen LogP contribution in [-0.4, -0.2) is 47.1 Å². The highest BCUT2D eigenvalue weighted by Gasteiger charge is 2.30. The van der Waals surface area contributed by atoms with E-state index in [9.17, 15) is 13.0 Å². The lowest BCUT2D eigenvalue weighted by Gasteiger charge is -2.15. The van der Waals surface area contributed by atoms with Crippen LogP contribution < -0.4 is 0 Å². The minimum atomic E-state index is -4.43. The van der Waals surface area contributed by atoms with Crippen LogP contribution in [0.2, 0.25) is 20.1 Å². The van der Waals surface area contributed by atoms with Crippen LogP contribution in [0.4, 0.5) is 8.78 Å². The number of unbranched alkanes of at least 4 members (excludes halogenated alkanes) is 2. The van der Waals surface area contributed by atoms with Crippen molar-refractivity contribution in [3.63, 3.8) is 0 Å². The molecular formula is C45H41Cl4F2N3O3S3. The number of rotatable bonds is 13. The number of hydrogen-bond acceptors (Lipinski definition) is 5. The Morgan fingerprint density at radius 3 is 1.78 bits per heavy atom. The van der Waals surface area contributed by atoms with E-state index in [4.69, 9.17) is 46.4 Å². The highest BCUT2D eigenvalue weighted by Crippen LogP contribution is 2.46. The average molecular weight is 948 g/mol. The van der Waals surface area contributed by atoms with Gasteiger partial charge in [-0.15, -0.1) is 22.7 Å². The molecule has 0 bridgehead atoms. The lowest BCUT2D eigenvalue weighted by molar-refractivity contribution is 0.326. The number of nitrogens with zero attached hydrogens (tertiary/aromatic N) is 3. The normalized spacial score (nSPS) is 14.5. The monoisotopic (exact) mass is 945 g/mol. The van der Waals surface area contributed by atoms with Gasteiger partial charge in [-0.1, -0.05) is 46.4 Å². The summed E-state index contributed by atoms with van der Waals surface area (Å²) in [5, 5.41) is 3.95. The van der Waals surface area contributed by atoms with Crippen molar-refractivity contribution in [2.45, 2.75) is 68.4 Å². The van der Waals surface area contributed by atoms with Crippen LogP contribution in [-0.2, 0) is 35.8 Å². The van der Waals surface area contributed by atoms with Gasteiger partial charge >= 0.3 is 10.1 Å². The van der Waals surface area contributed by atoms with Gasteiger partial charge in [0.1, 0.15) is 15.9 Å². The molecule has 0 unspecified atom stereocenters. The van der Waals surface area contributed by atoms with E-state index in [2.05, 4.69) is 16.3 Å². The van der Waals surface area contributed by atoms with Crippen LogP contribution in [0.3, 0.4) is 0 Å². The SMILES string of the molecule is CN(CCCC=C(F)c1cn(-c2ccc(Cl)cc2Cl)c2c1CCCc1ccsc1-2)CCCC=C(F)c1cn(-c2ccc(Cl)cc2Cl)c2c1CCCc1cc(S(=O)(=O)O)sc1-2. The molecule has 0 spiro atoms. The van der Waals surface area contributed by atoms with E-state index >= 15 is 8.78 Å². The fourth-order valence-electron chi connectivity index (χ4n) is 8.31. The van der Waals surface area contributed by atoms with Crippen LogP contribution in [0, 0.1) is 0 Å². The average Bonchev–Trinajstić information content (AvgIpc) is 3.96. The number of allylic oxidation sites excluding steroid dienone is 2. The summed E-state index contributed by atoms with van der Waals surface area (Å²) in [7, 11) is -2.41. The third-order valence-electron chi connectivity index (χ3n) is 11.2. The fraction of sp³-hybridized carbons (Fsp3) is 0.289. The first-order valence-corrected chi connectivity index (χ1v) is 24.4. The molecule has 0 fully saturated rings. The quantitative estimate of drug-likeness (QED) is 0.0925. The topological polar surface area (TPSA) is 67.5 Å². The molecule has 2 aliphatic rings. The Labute approximate surface area is 377 Å². The van der Waals surface area contributed by atoms with Gasteiger partial charge in [0, 0.05) is 33.6 Å². The Hall–Kier alpha value is -3.23. The molecule has 0 amide bonds. The van der Waals surface area contributed by atoms with Crippen LogP contribution in [0.5, 0.6) is 0 Å². The summed E-state index contributed by atoms with van der Waals surface area (Å²) in [5.41, 5.74) is 7.82. The molecule has 8 rings (SSSR count). The summed E-state index contributed by atoms with van der Waals surface area (Å²) < 4.78 is 70.1. The Balaban J connectivity index is 0.936. The zero-order valence-corrected chi connectivity index (χ0v) is 38.1. The number of halogens is 6. The summed E-state index contributed by atoms with van der Waals surface area (Å²) in [5.74, 6) is -0.605. The van der Waals surface area contributed by atoms with Gasteiger partial charge in [-0.25, -0.2) is 8.78 Å². The van der Waals surface area contributed by atoms with Crippen LogP contribution >= 0.6 is 69.1 Å². The molecule has 4 heterocycles. The second-order valence-electron chi connectivity index (χ2n) is 15.2. The molecule has 314 valence electrons. The molecule has 6 aromatic rings. The van der Waals surface area contributed by atoms with Crippen LogP contribution in [0.15, 0.2) is 82.7 Å². The molecule has 0 aliphatic heterocycles. The van der Waals surface area contributed by atoms with Gasteiger partial charge in [-0.05, 0) is 173 Å². The number of fused-ring (bicyclic) bond motifs is 6. The molecule has 0 radical (unpaired) electrons. The van der Waals surface area contributed by atoms with E-state index in [1.807, 2.05) is 23.9 Å². The van der Waals surface area contributed by atoms with Crippen LogP contribution in [0.25, 0.3) is 44.2 Å². The minimum Gasteiger partial charge on any atom is -0.313 e. The first-order chi connectivity index (χ1) is 28.8. The summed E-state index contributed by atoms with van der Waals surface area (Å²) in [6, 6.07) is 14.1. The Kier molecular flexibility index (Phi) is 13.2. The smallest absolute Gasteiger partial charge is 0.304 e. The maximum absolute atomic E-state index is 16.2. The summed E-state index contributed by atoms with van der Waals surface area (Å²) >= 11 is 28.4. The number of aryl methyl sites for hydroxylation is 2. The molecule has 0 saturated carbocycles. The highest BCUT2D eigenvalue weighted by molar-refractivity contribution is 7.88. The summed E-state index contributed by atoms with van der Waals surface area (Å²) in [4.78, 5) is 3.98. The first-order valence-electron chi connectivity index (χ1n) is 19.8. The van der Waals surface area contributed by atoms with Gasteiger partial charge in [-0.3, -0.25) is 4.55 Å². The lowest BCUT2D eigenvalue weighted by atomic mass is 10.0. The van der Waals surface area contributed by atoms with Crippen molar-refractivity contribution in [3.05, 3.63) is 132 Å². The van der Waals surface area contributed by atoms with Crippen molar-refractivity contribution in [2.75, 3.05) is 20.1 Å². The molecule has 4 aromatic heterocycles. The van der Waals surface area contributed by atoms with E-state index in [0.29, 0.717) is 86.0 Å². The molecule has 2 aliphatic carbocycles. The second-order valence-corrected chi connectivity index (χ2v) is 20.5. The molecular weight excluding hydrogens is 907 g/mol. The number of aromatic nitrogens is 2. The van der Waals surface area contributed by atoms with Gasteiger partial charge in [0.2, 0.25) is 0 Å². The maximum atomic E-state index is 16.2. The molecule has 15 heteroatoms. The van der Waals surface area contributed by atoms with Gasteiger partial charge in [0.25, 0.3) is 0 Å². The van der Waals surface area contributed by atoms with Crippen molar-refractivity contribution < 1.29 is 21.8 Å². The standard InChI is InChI=1S/C45H41Cl4F2N3O3S3/c1-52(19-4-2-12-37(50)33-25-53(39-16-14-29(46)23-35(39)48)42-31(33)10-6-8-27-18-21-58-44(27)42)20-5-3-13-38(51)34-26-54(40-17-15-30(47)24-36(40)49)43-32(34)11-7-9-28-22-41(59-45(28)43)60(55,56)57/h12-18,21-26H,2-11,19-20H2,1H3,(H,55,56,57). The van der Waals surface area contributed by atoms with Crippen molar-refractivity contribution in [1.29, 1.82) is 0 Å². The predicted molar refractivity (Wildman–Crippen MR) is 246 cm³/mol. The zero-order chi connectivity index (χ0) is 42.3. The summed E-state index contributed by atoms with van der Waals surface area (Å²) in [6.45, 7) is 1.48. The lowest BCUT2D eigenvalue weighted by Crippen LogP contribution is -2.20. The van der Waals surface area contributed by atoms with Gasteiger partial charge in [0.15, 0.2) is 0 Å². The highest BCUT2D eigenvalue weighted by atomic mass is 35.5. The Bertz CT molecular complexity index is 2770. The van der Waals surface area contributed by atoms with E-state index in [1.165, 1.54) is 11.6 Å². The molecule has 0 saturated heterocycles. The third-order valence-corrected chi connectivity index (χ3v) is 15.7. The molecule has 6 nitrogen and oxygen atoms in total. The van der Waals surface area contributed by atoms with Gasteiger partial charge in [-0.2, -0.15) is 8.42 Å². The predicted octanol–water partition coefficient (Wildman–Crippen LogP) is 14.4. The fourth-order valence-corrected chi connectivity index (χ4v) is 12.3. The van der Waals surface area contributed by atoms with E-state index < -0.39 is 10.1 Å². The van der Waals surface area contributed by atoms with E-state index in [1.54, 1.807) is 64.6 Å². The van der Waals surface area contributed by atoms with Gasteiger partial charge in [0.05, 0.1) is 42.6 Å². The van der Waals surface area contributed by atoms with Crippen molar-refractivity contribution in [2.24, 2.45) is 0 Å². The largest absolute Gasteiger partial charge is 0.313 e. The van der Waals surface area contributed by atoms with Crippen molar-refractivity contribution in [3.8, 4) is 32.5 Å². The van der Waals surface area contributed by atoms with Crippen molar-refractivity contribution >= 4 is 90.8 Å². The maximum Gasteiger partial charge on any atom is 0.304 e. The molecule has 1 N–H and O–H groups in total. The van der Waals surface area contributed by atoms with Crippen molar-refractivity contribution in [1.82, 2.24) is 14.0 Å². The van der Waals surface area contributed by atoms with E-state index in [-0.39, 0.29) is 15.9 Å². The summed E-state index contributed by atoms with van der Waals surface area (Å²) in [6.07, 6.45) is 13.9. The van der Waals surface area contributed by atoms with Gasteiger partial charge < -0.3 is 14.0 Å². The number of benzene rings is 2. The van der Waals surface area contributed by atoms with E-state index in [0.717, 1.165) is 83.1 Å². The first kappa shape index (κ1) is 43.4. The van der Waals surface area contributed by atoms with Crippen LogP contribution in [0.1, 0.15) is 71.9 Å². The number of hydrogen-bond donors (Lipinski definition) is 1. The second kappa shape index (κ2) is 18.2. The zero-order valence-electron chi connectivity index (χ0n) is 32.6. The Morgan fingerprint density at radius 1 is 0.750 bits per heavy atom. The molecule has 0 atom stereocenters. The molecule has 2 aromatic carbocycles. The minimum absolute atomic E-state index is 0.153. The third kappa shape index (κ3) is 8.98. The Morgan fingerprint density at radius 2 is 1.27 bits per heavy atom. The molecule has 60 heavy (non-hydrogen) atoms.